The van der Waals surface area contributed by atoms with Crippen LogP contribution in [0, 0.1) is 0 Å². The van der Waals surface area contributed by atoms with Crippen molar-refractivity contribution in [2.75, 3.05) is 17.7 Å². The molecule has 1 heterocycles. The van der Waals surface area contributed by atoms with Gasteiger partial charge in [0, 0.05) is 6.54 Å². The van der Waals surface area contributed by atoms with Gasteiger partial charge in [0.2, 0.25) is 17.2 Å². The fourth-order valence-corrected chi connectivity index (χ4v) is 2.62. The third-order valence-electron chi connectivity index (χ3n) is 3.84. The lowest BCUT2D eigenvalue weighted by atomic mass is 10.1. The molecule has 0 saturated carbocycles. The fourth-order valence-electron chi connectivity index (χ4n) is 2.46. The molecule has 7 heteroatoms. The van der Waals surface area contributed by atoms with E-state index in [0.29, 0.717) is 18.4 Å². The Morgan fingerprint density at radius 3 is 2.54 bits per heavy atom. The number of methoxy groups -OCH3 is 1. The Bertz CT molecular complexity index is 860. The molecule has 0 amide bonds. The van der Waals surface area contributed by atoms with E-state index < -0.39 is 0 Å². The van der Waals surface area contributed by atoms with Gasteiger partial charge in [0.15, 0.2) is 0 Å². The fraction of sp³-hybridized carbons (Fsp3) is 0.211. The van der Waals surface area contributed by atoms with Crippen LogP contribution in [0.2, 0.25) is 5.28 Å². The summed E-state index contributed by atoms with van der Waals surface area (Å²) in [4.78, 5) is 12.7. The number of ether oxygens (including phenoxy) is 1. The lowest BCUT2D eigenvalue weighted by Gasteiger charge is -2.15. The highest BCUT2D eigenvalue weighted by Crippen LogP contribution is 2.22. The highest BCUT2D eigenvalue weighted by molar-refractivity contribution is 6.28. The Morgan fingerprint density at radius 2 is 1.77 bits per heavy atom. The predicted molar refractivity (Wildman–Crippen MR) is 104 cm³/mol. The van der Waals surface area contributed by atoms with Crippen molar-refractivity contribution in [3.8, 4) is 5.75 Å². The van der Waals surface area contributed by atoms with Crippen molar-refractivity contribution in [2.45, 2.75) is 19.5 Å². The van der Waals surface area contributed by atoms with Crippen LogP contribution in [0.25, 0.3) is 0 Å². The number of benzene rings is 2. The van der Waals surface area contributed by atoms with Crippen LogP contribution in [-0.4, -0.2) is 22.1 Å². The van der Waals surface area contributed by atoms with E-state index in [9.17, 15) is 0 Å². The summed E-state index contributed by atoms with van der Waals surface area (Å²) in [5.74, 6) is 1.64. The van der Waals surface area contributed by atoms with Gasteiger partial charge in [0.05, 0.1) is 13.2 Å². The summed E-state index contributed by atoms with van der Waals surface area (Å²) in [5.41, 5.74) is 2.18. The first-order valence-corrected chi connectivity index (χ1v) is 8.61. The number of nitrogens with zero attached hydrogens (tertiary/aromatic N) is 3. The number of anilines is 2. The maximum Gasteiger partial charge on any atom is 0.229 e. The molecule has 1 aromatic heterocycles. The summed E-state index contributed by atoms with van der Waals surface area (Å²) in [6, 6.07) is 17.8. The van der Waals surface area contributed by atoms with Gasteiger partial charge in [-0.05, 0) is 41.8 Å². The number of halogens is 1. The lowest BCUT2D eigenvalue weighted by Crippen LogP contribution is -2.12. The molecule has 2 N–H and O–H groups in total. The summed E-state index contributed by atoms with van der Waals surface area (Å²) in [5, 5.41) is 6.55. The van der Waals surface area contributed by atoms with Gasteiger partial charge < -0.3 is 15.4 Å². The molecule has 0 saturated heterocycles. The van der Waals surface area contributed by atoms with Crippen LogP contribution in [0.4, 0.5) is 11.9 Å². The predicted octanol–water partition coefficient (Wildman–Crippen LogP) is 4.32. The van der Waals surface area contributed by atoms with Crippen LogP contribution >= 0.6 is 11.6 Å². The van der Waals surface area contributed by atoms with Gasteiger partial charge in [-0.3, -0.25) is 0 Å². The molecule has 3 aromatic rings. The highest BCUT2D eigenvalue weighted by atomic mass is 35.5. The summed E-state index contributed by atoms with van der Waals surface area (Å²) in [7, 11) is 1.65. The van der Waals surface area contributed by atoms with E-state index in [-0.39, 0.29) is 11.3 Å². The summed E-state index contributed by atoms with van der Waals surface area (Å²) >= 11 is 6.05. The van der Waals surface area contributed by atoms with Gasteiger partial charge in [0.1, 0.15) is 5.75 Å². The molecule has 0 bridgehead atoms. The van der Waals surface area contributed by atoms with Crippen molar-refractivity contribution in [3.63, 3.8) is 0 Å². The van der Waals surface area contributed by atoms with E-state index in [2.05, 4.69) is 25.6 Å². The molecular weight excluding hydrogens is 350 g/mol. The smallest absolute Gasteiger partial charge is 0.229 e. The second-order valence-electron chi connectivity index (χ2n) is 5.73. The standard InChI is InChI=1S/C19H20ClN5O/c1-13(15-9-6-10-16(11-15)26-2)22-19-24-17(20)23-18(25-19)21-12-14-7-4-3-5-8-14/h3-11,13H,12H2,1-2H3,(H2,21,22,23,24,25)/t13-/m0/s1. The molecule has 0 spiro atoms. The van der Waals surface area contributed by atoms with Crippen LogP contribution in [0.15, 0.2) is 54.6 Å². The Kier molecular flexibility index (Phi) is 5.86. The third-order valence-corrected chi connectivity index (χ3v) is 4.01. The number of rotatable bonds is 7. The minimum Gasteiger partial charge on any atom is -0.497 e. The molecular formula is C19H20ClN5O. The van der Waals surface area contributed by atoms with Gasteiger partial charge >= 0.3 is 0 Å². The average molecular weight is 370 g/mol. The first-order chi connectivity index (χ1) is 12.6. The van der Waals surface area contributed by atoms with Crippen LogP contribution < -0.4 is 15.4 Å². The van der Waals surface area contributed by atoms with E-state index in [1.807, 2.05) is 61.5 Å². The lowest BCUT2D eigenvalue weighted by molar-refractivity contribution is 0.414. The van der Waals surface area contributed by atoms with Gasteiger partial charge in [-0.2, -0.15) is 15.0 Å². The molecule has 3 rings (SSSR count). The molecule has 0 fully saturated rings. The molecule has 1 atom stereocenters. The maximum atomic E-state index is 6.05. The normalized spacial score (nSPS) is 11.7. The van der Waals surface area contributed by atoms with E-state index >= 15 is 0 Å². The molecule has 0 unspecified atom stereocenters. The first kappa shape index (κ1) is 17.9. The molecule has 2 aromatic carbocycles. The number of aromatic nitrogens is 3. The molecule has 26 heavy (non-hydrogen) atoms. The topological polar surface area (TPSA) is 72.0 Å². The summed E-state index contributed by atoms with van der Waals surface area (Å²) in [6.45, 7) is 2.62. The van der Waals surface area contributed by atoms with Gasteiger partial charge in [-0.1, -0.05) is 42.5 Å². The highest BCUT2D eigenvalue weighted by Gasteiger charge is 2.11. The Balaban J connectivity index is 1.70. The van der Waals surface area contributed by atoms with Crippen molar-refractivity contribution in [1.29, 1.82) is 0 Å². The Hall–Kier alpha value is -2.86. The average Bonchev–Trinajstić information content (AvgIpc) is 2.67. The second kappa shape index (κ2) is 8.49. The first-order valence-electron chi connectivity index (χ1n) is 8.24. The monoisotopic (exact) mass is 369 g/mol. The van der Waals surface area contributed by atoms with Crippen LogP contribution in [0.3, 0.4) is 0 Å². The zero-order valence-electron chi connectivity index (χ0n) is 14.6. The van der Waals surface area contributed by atoms with Crippen LogP contribution in [0.1, 0.15) is 24.1 Å². The van der Waals surface area contributed by atoms with Crippen molar-refractivity contribution >= 4 is 23.5 Å². The van der Waals surface area contributed by atoms with E-state index in [1.165, 1.54) is 0 Å². The largest absolute Gasteiger partial charge is 0.497 e. The van der Waals surface area contributed by atoms with Crippen molar-refractivity contribution in [2.24, 2.45) is 0 Å². The number of hydrogen-bond donors (Lipinski definition) is 2. The van der Waals surface area contributed by atoms with Crippen molar-refractivity contribution in [3.05, 3.63) is 71.0 Å². The van der Waals surface area contributed by atoms with Gasteiger partial charge in [-0.25, -0.2) is 0 Å². The zero-order chi connectivity index (χ0) is 18.4. The quantitative estimate of drug-likeness (QED) is 0.646. The SMILES string of the molecule is COc1cccc([C@H](C)Nc2nc(Cl)nc(NCc3ccccc3)n2)c1. The molecule has 6 nitrogen and oxygen atoms in total. The van der Waals surface area contributed by atoms with Crippen LogP contribution in [0.5, 0.6) is 5.75 Å². The second-order valence-corrected chi connectivity index (χ2v) is 6.07. The maximum absolute atomic E-state index is 6.05. The zero-order valence-corrected chi connectivity index (χ0v) is 15.4. The molecule has 0 radical (unpaired) electrons. The molecule has 0 aliphatic carbocycles. The Labute approximate surface area is 157 Å². The van der Waals surface area contributed by atoms with Gasteiger partial charge in [0.25, 0.3) is 0 Å². The van der Waals surface area contributed by atoms with E-state index in [4.69, 9.17) is 16.3 Å². The van der Waals surface area contributed by atoms with E-state index in [0.717, 1.165) is 16.9 Å². The number of hydrogen-bond acceptors (Lipinski definition) is 6. The van der Waals surface area contributed by atoms with Gasteiger partial charge in [-0.15, -0.1) is 0 Å². The van der Waals surface area contributed by atoms with Crippen molar-refractivity contribution < 1.29 is 4.74 Å². The number of nitrogens with one attached hydrogen (secondary N) is 2. The minimum absolute atomic E-state index is 0.0226. The minimum atomic E-state index is -0.0226. The summed E-state index contributed by atoms with van der Waals surface area (Å²) < 4.78 is 5.27. The Morgan fingerprint density at radius 1 is 1.00 bits per heavy atom. The van der Waals surface area contributed by atoms with Crippen LogP contribution in [-0.2, 0) is 6.54 Å². The molecule has 134 valence electrons. The third kappa shape index (κ3) is 4.83. The molecule has 0 aliphatic rings. The summed E-state index contributed by atoms with van der Waals surface area (Å²) in [6.07, 6.45) is 0. The molecule has 0 aliphatic heterocycles. The van der Waals surface area contributed by atoms with Crippen molar-refractivity contribution in [1.82, 2.24) is 15.0 Å². The van der Waals surface area contributed by atoms with E-state index in [1.54, 1.807) is 7.11 Å².